The Labute approximate surface area is 175 Å². The van der Waals surface area contributed by atoms with Crippen LogP contribution in [0.15, 0.2) is 29.3 Å². The molecule has 2 fully saturated rings. The van der Waals surface area contributed by atoms with E-state index < -0.39 is 0 Å². The minimum absolute atomic E-state index is 0. The van der Waals surface area contributed by atoms with E-state index in [2.05, 4.69) is 62.3 Å². The molecule has 1 aliphatic heterocycles. The maximum atomic E-state index is 5.51. The molecule has 1 N–H and O–H groups in total. The van der Waals surface area contributed by atoms with Crippen molar-refractivity contribution in [2.75, 3.05) is 33.4 Å². The lowest BCUT2D eigenvalue weighted by Crippen LogP contribution is -2.43. The number of hydrogen-bond donors (Lipinski definition) is 1. The van der Waals surface area contributed by atoms with Gasteiger partial charge in [-0.1, -0.05) is 38.1 Å². The van der Waals surface area contributed by atoms with E-state index in [1.54, 1.807) is 0 Å². The molecule has 26 heavy (non-hydrogen) atoms. The first kappa shape index (κ1) is 21.5. The van der Waals surface area contributed by atoms with Crippen LogP contribution in [-0.4, -0.2) is 50.3 Å². The maximum Gasteiger partial charge on any atom is 0.193 e. The van der Waals surface area contributed by atoms with Crippen LogP contribution in [0.1, 0.15) is 56.6 Å². The lowest BCUT2D eigenvalue weighted by Gasteiger charge is -2.25. The van der Waals surface area contributed by atoms with E-state index in [4.69, 9.17) is 9.73 Å². The molecule has 0 spiro atoms. The molecule has 0 radical (unpaired) electrons. The van der Waals surface area contributed by atoms with E-state index in [0.717, 1.165) is 38.7 Å². The van der Waals surface area contributed by atoms with Crippen LogP contribution in [0.4, 0.5) is 0 Å². The first-order valence-corrected chi connectivity index (χ1v) is 9.78. The van der Waals surface area contributed by atoms with Gasteiger partial charge in [0.15, 0.2) is 5.96 Å². The molecule has 0 bridgehead atoms. The van der Waals surface area contributed by atoms with Gasteiger partial charge < -0.3 is 15.0 Å². The van der Waals surface area contributed by atoms with Crippen molar-refractivity contribution in [2.24, 2.45) is 10.9 Å². The van der Waals surface area contributed by atoms with Crippen LogP contribution in [0.2, 0.25) is 0 Å². The van der Waals surface area contributed by atoms with Crippen molar-refractivity contribution < 1.29 is 4.74 Å². The fourth-order valence-electron chi connectivity index (χ4n) is 3.64. The van der Waals surface area contributed by atoms with Gasteiger partial charge in [-0.05, 0) is 36.8 Å². The smallest absolute Gasteiger partial charge is 0.193 e. The Morgan fingerprint density at radius 2 is 2.04 bits per heavy atom. The van der Waals surface area contributed by atoms with Gasteiger partial charge in [-0.2, -0.15) is 0 Å². The highest BCUT2D eigenvalue weighted by molar-refractivity contribution is 14.0. The fraction of sp³-hybridized carbons (Fsp3) is 0.667. The highest BCUT2D eigenvalue weighted by Crippen LogP contribution is 2.41. The van der Waals surface area contributed by atoms with E-state index in [-0.39, 0.29) is 24.0 Å². The third-order valence-electron chi connectivity index (χ3n) is 5.36. The van der Waals surface area contributed by atoms with Crippen LogP contribution in [0.25, 0.3) is 0 Å². The average molecular weight is 471 g/mol. The van der Waals surface area contributed by atoms with Crippen molar-refractivity contribution in [1.82, 2.24) is 10.2 Å². The Morgan fingerprint density at radius 3 is 2.62 bits per heavy atom. The molecule has 0 amide bonds. The van der Waals surface area contributed by atoms with Gasteiger partial charge in [-0.15, -0.1) is 24.0 Å². The normalized spacial score (nSPS) is 25.1. The van der Waals surface area contributed by atoms with Crippen molar-refractivity contribution in [3.63, 3.8) is 0 Å². The highest BCUT2D eigenvalue weighted by atomic mass is 127. The summed E-state index contributed by atoms with van der Waals surface area (Å²) in [5.74, 6) is 2.89. The number of benzene rings is 1. The number of guanidine groups is 1. The zero-order valence-electron chi connectivity index (χ0n) is 16.6. The molecule has 1 heterocycles. The molecular formula is C21H34IN3O. The van der Waals surface area contributed by atoms with Gasteiger partial charge in [0.1, 0.15) is 0 Å². The van der Waals surface area contributed by atoms with E-state index in [1.807, 2.05) is 0 Å². The number of rotatable bonds is 6. The first-order chi connectivity index (χ1) is 12.1. The number of aliphatic imine (C=N–C) groups is 1. The molecular weight excluding hydrogens is 437 g/mol. The molecule has 3 unspecified atom stereocenters. The second-order valence-corrected chi connectivity index (χ2v) is 7.82. The summed E-state index contributed by atoms with van der Waals surface area (Å²) in [6.07, 6.45) is 2.36. The average Bonchev–Trinajstić information content (AvgIpc) is 3.18. The lowest BCUT2D eigenvalue weighted by atomic mass is 10.0. The highest BCUT2D eigenvalue weighted by Gasteiger charge is 2.39. The molecule has 1 saturated carbocycles. The van der Waals surface area contributed by atoms with Gasteiger partial charge >= 0.3 is 0 Å². The van der Waals surface area contributed by atoms with Crippen LogP contribution in [-0.2, 0) is 4.74 Å². The second kappa shape index (κ2) is 9.93. The lowest BCUT2D eigenvalue weighted by molar-refractivity contribution is 0.181. The van der Waals surface area contributed by atoms with Crippen LogP contribution in [0.3, 0.4) is 0 Å². The molecule has 0 aromatic heterocycles. The SMILES string of the molecule is CCN=C(NC1CC1c1ccc(C(C)C)cc1)N(C)CC1CCOC1.I. The van der Waals surface area contributed by atoms with Crippen LogP contribution < -0.4 is 5.32 Å². The summed E-state index contributed by atoms with van der Waals surface area (Å²) in [5, 5.41) is 3.69. The largest absolute Gasteiger partial charge is 0.381 e. The Kier molecular flexibility index (Phi) is 8.20. The second-order valence-electron chi connectivity index (χ2n) is 7.82. The summed E-state index contributed by atoms with van der Waals surface area (Å²) in [5.41, 5.74) is 2.87. The number of nitrogens with one attached hydrogen (secondary N) is 1. The van der Waals surface area contributed by atoms with Crippen molar-refractivity contribution in [3.8, 4) is 0 Å². The fourth-order valence-corrected chi connectivity index (χ4v) is 3.64. The van der Waals surface area contributed by atoms with E-state index >= 15 is 0 Å². The predicted octanol–water partition coefficient (Wildman–Crippen LogP) is 4.22. The molecule has 1 aromatic carbocycles. The first-order valence-electron chi connectivity index (χ1n) is 9.78. The molecule has 1 saturated heterocycles. The number of hydrogen-bond acceptors (Lipinski definition) is 2. The van der Waals surface area contributed by atoms with E-state index in [9.17, 15) is 0 Å². The van der Waals surface area contributed by atoms with Gasteiger partial charge in [0.2, 0.25) is 0 Å². The van der Waals surface area contributed by atoms with Crippen LogP contribution >= 0.6 is 24.0 Å². The quantitative estimate of drug-likeness (QED) is 0.384. The molecule has 1 aromatic rings. The maximum absolute atomic E-state index is 5.51. The van der Waals surface area contributed by atoms with E-state index in [1.165, 1.54) is 17.5 Å². The summed E-state index contributed by atoms with van der Waals surface area (Å²) in [6.45, 7) is 10.2. The molecule has 2 aliphatic rings. The minimum Gasteiger partial charge on any atom is -0.381 e. The Bertz CT molecular complexity index is 581. The minimum atomic E-state index is 0. The summed E-state index contributed by atoms with van der Waals surface area (Å²) < 4.78 is 5.51. The zero-order chi connectivity index (χ0) is 17.8. The van der Waals surface area contributed by atoms with Crippen LogP contribution in [0.5, 0.6) is 0 Å². The molecule has 1 aliphatic carbocycles. The van der Waals surface area contributed by atoms with Crippen LogP contribution in [0, 0.1) is 5.92 Å². The summed E-state index contributed by atoms with van der Waals surface area (Å²) in [7, 11) is 2.15. The molecule has 146 valence electrons. The number of nitrogens with zero attached hydrogens (tertiary/aromatic N) is 2. The third kappa shape index (κ3) is 5.59. The summed E-state index contributed by atoms with van der Waals surface area (Å²) in [4.78, 5) is 6.98. The van der Waals surface area contributed by atoms with Gasteiger partial charge in [-0.3, -0.25) is 4.99 Å². The van der Waals surface area contributed by atoms with Crippen molar-refractivity contribution in [1.29, 1.82) is 0 Å². The molecule has 4 nitrogen and oxygen atoms in total. The Hall–Kier alpha value is -0.820. The molecule has 5 heteroatoms. The van der Waals surface area contributed by atoms with Gasteiger partial charge in [0.05, 0.1) is 6.61 Å². The molecule has 3 rings (SSSR count). The Morgan fingerprint density at radius 1 is 1.31 bits per heavy atom. The zero-order valence-corrected chi connectivity index (χ0v) is 18.9. The van der Waals surface area contributed by atoms with Gasteiger partial charge in [-0.25, -0.2) is 0 Å². The van der Waals surface area contributed by atoms with Gasteiger partial charge in [0.25, 0.3) is 0 Å². The summed E-state index contributed by atoms with van der Waals surface area (Å²) >= 11 is 0. The standard InChI is InChI=1S/C21H33N3O.HI/c1-5-22-21(24(4)13-16-10-11-25-14-16)23-20-12-19(20)18-8-6-17(7-9-18)15(2)3;/h6-9,15-16,19-20H,5,10-14H2,1-4H3,(H,22,23);1H. The topological polar surface area (TPSA) is 36.9 Å². The summed E-state index contributed by atoms with van der Waals surface area (Å²) in [6, 6.07) is 9.68. The number of ether oxygens (including phenoxy) is 1. The van der Waals surface area contributed by atoms with Crippen molar-refractivity contribution >= 4 is 29.9 Å². The van der Waals surface area contributed by atoms with Crippen molar-refractivity contribution in [2.45, 2.75) is 51.5 Å². The molecule has 3 atom stereocenters. The third-order valence-corrected chi connectivity index (χ3v) is 5.36. The van der Waals surface area contributed by atoms with Crippen molar-refractivity contribution in [3.05, 3.63) is 35.4 Å². The van der Waals surface area contributed by atoms with Gasteiger partial charge in [0, 0.05) is 44.6 Å². The number of halogens is 1. The Balaban J connectivity index is 0.00000243. The predicted molar refractivity (Wildman–Crippen MR) is 120 cm³/mol. The monoisotopic (exact) mass is 471 g/mol. The van der Waals surface area contributed by atoms with E-state index in [0.29, 0.717) is 23.8 Å².